The topological polar surface area (TPSA) is 79.6 Å². The van der Waals surface area contributed by atoms with E-state index < -0.39 is 5.97 Å². The predicted octanol–water partition coefficient (Wildman–Crippen LogP) is 7.77. The molecule has 3 aromatic carbocycles. The maximum absolute atomic E-state index is 11.8. The van der Waals surface area contributed by atoms with E-state index >= 15 is 0 Å². The summed E-state index contributed by atoms with van der Waals surface area (Å²) in [6, 6.07) is 28.8. The van der Waals surface area contributed by atoms with Crippen LogP contribution in [-0.2, 0) is 0 Å². The van der Waals surface area contributed by atoms with E-state index in [1.165, 1.54) is 0 Å². The molecule has 0 bridgehead atoms. The fourth-order valence-corrected chi connectivity index (χ4v) is 6.21. The van der Waals surface area contributed by atoms with Gasteiger partial charge in [0.2, 0.25) is 0 Å². The van der Waals surface area contributed by atoms with Crippen molar-refractivity contribution in [3.63, 3.8) is 0 Å². The van der Waals surface area contributed by atoms with Crippen LogP contribution >= 0.6 is 12.2 Å². The van der Waals surface area contributed by atoms with E-state index in [2.05, 4.69) is 32.8 Å². The Labute approximate surface area is 256 Å². The molecule has 1 aliphatic heterocycles. The van der Waals surface area contributed by atoms with Gasteiger partial charge in [0.25, 0.3) is 0 Å². The zero-order valence-corrected chi connectivity index (χ0v) is 25.2. The zero-order chi connectivity index (χ0) is 30.2. The van der Waals surface area contributed by atoms with Gasteiger partial charge in [0.1, 0.15) is 11.5 Å². The number of rotatable bonds is 7. The Morgan fingerprint density at radius 2 is 1.65 bits per heavy atom. The van der Waals surface area contributed by atoms with Crippen molar-refractivity contribution in [3.05, 3.63) is 137 Å². The molecule has 5 aromatic rings. The fraction of sp³-hybridized carbons (Fsp3) is 0.171. The lowest BCUT2D eigenvalue weighted by atomic mass is 9.96. The number of hydrogen-bond donors (Lipinski definition) is 2. The average Bonchev–Trinajstić information content (AvgIpc) is 3.50. The van der Waals surface area contributed by atoms with Crippen LogP contribution in [0.5, 0.6) is 11.5 Å². The first-order chi connectivity index (χ1) is 20.7. The molecular weight excluding hydrogens is 556 g/mol. The number of anilines is 1. The van der Waals surface area contributed by atoms with Crippen molar-refractivity contribution in [3.8, 4) is 17.2 Å². The number of ether oxygens (including phenoxy) is 1. The van der Waals surface area contributed by atoms with Gasteiger partial charge in [0.05, 0.1) is 23.3 Å². The number of aromatic carboxylic acids is 1. The normalized spacial score (nSPS) is 16.3. The maximum Gasteiger partial charge on any atom is 0.335 e. The highest BCUT2D eigenvalue weighted by Crippen LogP contribution is 2.44. The van der Waals surface area contributed by atoms with E-state index in [1.807, 2.05) is 93.6 Å². The van der Waals surface area contributed by atoms with E-state index in [0.29, 0.717) is 5.11 Å². The molecule has 0 amide bonds. The molecule has 8 heteroatoms. The highest BCUT2D eigenvalue weighted by Gasteiger charge is 2.42. The molecule has 0 aliphatic carbocycles. The largest absolute Gasteiger partial charge is 0.478 e. The summed E-state index contributed by atoms with van der Waals surface area (Å²) < 4.78 is 8.29. The molecule has 0 radical (unpaired) electrons. The number of aryl methyl sites for hydroxylation is 3. The Morgan fingerprint density at radius 3 is 2.35 bits per heavy atom. The number of benzene rings is 3. The average molecular weight is 589 g/mol. The van der Waals surface area contributed by atoms with Crippen molar-refractivity contribution in [1.82, 2.24) is 14.9 Å². The van der Waals surface area contributed by atoms with Crippen LogP contribution in [0.4, 0.5) is 5.69 Å². The summed E-state index contributed by atoms with van der Waals surface area (Å²) in [4.78, 5) is 18.6. The van der Waals surface area contributed by atoms with Crippen LogP contribution in [0.2, 0.25) is 0 Å². The second kappa shape index (κ2) is 11.4. The van der Waals surface area contributed by atoms with Gasteiger partial charge in [-0.3, -0.25) is 4.98 Å². The number of carboxylic acids is 1. The van der Waals surface area contributed by atoms with Crippen molar-refractivity contribution in [1.29, 1.82) is 0 Å². The number of nitrogens with one attached hydrogen (secondary N) is 1. The molecule has 0 spiro atoms. The van der Waals surface area contributed by atoms with E-state index in [9.17, 15) is 9.90 Å². The smallest absolute Gasteiger partial charge is 0.335 e. The number of thiocarbonyl (C=S) groups is 1. The minimum Gasteiger partial charge on any atom is -0.478 e. The molecule has 7 nitrogen and oxygen atoms in total. The van der Waals surface area contributed by atoms with Gasteiger partial charge in [0, 0.05) is 29.0 Å². The molecular formula is C35H32N4O3S. The summed E-state index contributed by atoms with van der Waals surface area (Å²) in [6.07, 6.45) is 1.79. The Balaban J connectivity index is 1.44. The Kier molecular flexibility index (Phi) is 7.46. The lowest BCUT2D eigenvalue weighted by molar-refractivity contribution is 0.0697. The summed E-state index contributed by atoms with van der Waals surface area (Å²) in [5, 5.41) is 13.8. The standard InChI is InChI=1S/C35H32N4O3S/c1-21-12-13-25(34(40)41)20-30(21)38-23(3)19-28(24(38)4)33-32(29-10-7-8-18-36-29)37-35(43)39(33)26-14-16-27(17-15-26)42-31-11-6-5-9-22(31)2/h5-20,32-33H,1-4H3,(H,37,43)(H,40,41)/t32-,33+/m1/s1. The molecule has 2 N–H and O–H groups in total. The van der Waals surface area contributed by atoms with Gasteiger partial charge in [-0.15, -0.1) is 0 Å². The molecule has 6 rings (SSSR count). The van der Waals surface area contributed by atoms with Crippen LogP contribution < -0.4 is 15.0 Å². The molecule has 2 atom stereocenters. The minimum absolute atomic E-state index is 0.211. The highest BCUT2D eigenvalue weighted by molar-refractivity contribution is 7.80. The van der Waals surface area contributed by atoms with Crippen LogP contribution in [0.1, 0.15) is 56.2 Å². The van der Waals surface area contributed by atoms with E-state index in [-0.39, 0.29) is 17.6 Å². The van der Waals surface area contributed by atoms with Gasteiger partial charge in [0.15, 0.2) is 5.11 Å². The molecule has 1 fully saturated rings. The van der Waals surface area contributed by atoms with Crippen molar-refractivity contribution >= 4 is 29.0 Å². The summed E-state index contributed by atoms with van der Waals surface area (Å²) in [5.41, 5.74) is 8.02. The summed E-state index contributed by atoms with van der Waals surface area (Å²) in [5.74, 6) is 0.600. The van der Waals surface area contributed by atoms with Gasteiger partial charge in [-0.25, -0.2) is 4.79 Å². The molecule has 1 saturated heterocycles. The third-order valence-corrected chi connectivity index (χ3v) is 8.33. The Morgan fingerprint density at radius 1 is 0.907 bits per heavy atom. The molecule has 216 valence electrons. The first-order valence-electron chi connectivity index (χ1n) is 14.1. The number of carboxylic acid groups (broad SMARTS) is 1. The quantitative estimate of drug-likeness (QED) is 0.188. The Hall–Kier alpha value is -4.95. The summed E-state index contributed by atoms with van der Waals surface area (Å²) >= 11 is 5.96. The fourth-order valence-electron chi connectivity index (χ4n) is 5.86. The third kappa shape index (κ3) is 5.26. The van der Waals surface area contributed by atoms with Crippen molar-refractivity contribution in [2.75, 3.05) is 4.90 Å². The van der Waals surface area contributed by atoms with Gasteiger partial charge >= 0.3 is 5.97 Å². The van der Waals surface area contributed by atoms with Gasteiger partial charge in [-0.2, -0.15) is 0 Å². The Bertz CT molecular complexity index is 1830. The van der Waals surface area contributed by atoms with Crippen LogP contribution in [0.25, 0.3) is 5.69 Å². The second-order valence-electron chi connectivity index (χ2n) is 10.8. The summed E-state index contributed by atoms with van der Waals surface area (Å²) in [6.45, 7) is 8.14. The van der Waals surface area contributed by atoms with Crippen molar-refractivity contribution in [2.24, 2.45) is 0 Å². The third-order valence-electron chi connectivity index (χ3n) is 8.02. The monoisotopic (exact) mass is 588 g/mol. The number of pyridine rings is 1. The zero-order valence-electron chi connectivity index (χ0n) is 24.4. The van der Waals surface area contributed by atoms with Crippen LogP contribution in [0.3, 0.4) is 0 Å². The van der Waals surface area contributed by atoms with E-state index in [0.717, 1.165) is 56.6 Å². The number of nitrogens with zero attached hydrogens (tertiary/aromatic N) is 3. The first-order valence-corrected chi connectivity index (χ1v) is 14.5. The first kappa shape index (κ1) is 28.2. The SMILES string of the molecule is Cc1ccccc1Oc1ccc(N2C(=S)N[C@H](c3ccccn3)[C@@H]2c2cc(C)n(-c3cc(C(=O)O)ccc3C)c2C)cc1. The lowest BCUT2D eigenvalue weighted by Gasteiger charge is -2.28. The molecule has 1 aliphatic rings. The number of aromatic nitrogens is 2. The molecule has 3 heterocycles. The van der Waals surface area contributed by atoms with Gasteiger partial charge < -0.3 is 24.6 Å². The lowest BCUT2D eigenvalue weighted by Crippen LogP contribution is -2.29. The van der Waals surface area contributed by atoms with Crippen LogP contribution in [-0.4, -0.2) is 25.7 Å². The minimum atomic E-state index is -0.953. The van der Waals surface area contributed by atoms with Crippen LogP contribution in [0.15, 0.2) is 97.2 Å². The van der Waals surface area contributed by atoms with E-state index in [1.54, 1.807) is 18.3 Å². The van der Waals surface area contributed by atoms with E-state index in [4.69, 9.17) is 17.0 Å². The second-order valence-corrected chi connectivity index (χ2v) is 11.2. The molecule has 43 heavy (non-hydrogen) atoms. The summed E-state index contributed by atoms with van der Waals surface area (Å²) in [7, 11) is 0. The van der Waals surface area contributed by atoms with Crippen molar-refractivity contribution < 1.29 is 14.6 Å². The van der Waals surface area contributed by atoms with Crippen LogP contribution in [0, 0.1) is 27.7 Å². The number of para-hydroxylation sites is 1. The maximum atomic E-state index is 11.8. The number of carbonyl (C=O) groups is 1. The van der Waals surface area contributed by atoms with Gasteiger partial charge in [-0.1, -0.05) is 30.3 Å². The predicted molar refractivity (Wildman–Crippen MR) is 173 cm³/mol. The van der Waals surface area contributed by atoms with Crippen molar-refractivity contribution in [2.45, 2.75) is 39.8 Å². The molecule has 0 unspecified atom stereocenters. The number of hydrogen-bond acceptors (Lipinski definition) is 4. The molecule has 0 saturated carbocycles. The molecule has 2 aromatic heterocycles. The van der Waals surface area contributed by atoms with Gasteiger partial charge in [-0.05, 0) is 117 Å². The highest BCUT2D eigenvalue weighted by atomic mass is 32.1.